The third-order valence-corrected chi connectivity index (χ3v) is 4.90. The van der Waals surface area contributed by atoms with Crippen LogP contribution < -0.4 is 4.90 Å². The van der Waals surface area contributed by atoms with Gasteiger partial charge in [-0.15, -0.1) is 0 Å². The van der Waals surface area contributed by atoms with Crippen molar-refractivity contribution in [1.82, 2.24) is 0 Å². The van der Waals surface area contributed by atoms with Crippen molar-refractivity contribution in [3.8, 4) is 0 Å². The van der Waals surface area contributed by atoms with Crippen molar-refractivity contribution in [2.24, 2.45) is 11.1 Å². The molecule has 0 spiro atoms. The molecule has 2 aliphatic heterocycles. The molecule has 25 heavy (non-hydrogen) atoms. The number of anilines is 1. The Morgan fingerprint density at radius 3 is 2.28 bits per heavy atom. The van der Waals surface area contributed by atoms with E-state index < -0.39 is 23.8 Å². The minimum Gasteiger partial charge on any atom is -0.381 e. The number of carbonyl (C=O) groups excluding carboxylic acids is 2. The number of hydrogen-bond donors (Lipinski definition) is 0. The van der Waals surface area contributed by atoms with E-state index in [-0.39, 0.29) is 0 Å². The fraction of sp³-hybridized carbons (Fsp3) is 0.118. The predicted molar refractivity (Wildman–Crippen MR) is 95.3 cm³/mol. The number of oxime groups is 1. The topological polar surface area (TPSA) is 59.0 Å². The summed E-state index contributed by atoms with van der Waals surface area (Å²) in [6.07, 6.45) is -0.995. The smallest absolute Gasteiger partial charge is 0.278 e. The Bertz CT molecular complexity index is 927. The first-order valence-electron chi connectivity index (χ1n) is 7.30. The summed E-state index contributed by atoms with van der Waals surface area (Å²) in [6.45, 7) is 0. The van der Waals surface area contributed by atoms with Gasteiger partial charge in [0.25, 0.3) is 5.91 Å². The van der Waals surface area contributed by atoms with E-state index in [1.165, 1.54) is 0 Å². The Morgan fingerprint density at radius 1 is 0.920 bits per heavy atom. The largest absolute Gasteiger partial charge is 0.381 e. The Labute approximate surface area is 157 Å². The molecule has 5 nitrogen and oxygen atoms in total. The highest BCUT2D eigenvalue weighted by molar-refractivity contribution is 6.39. The summed E-state index contributed by atoms with van der Waals surface area (Å²) in [6, 6.07) is 11.3. The van der Waals surface area contributed by atoms with Crippen LogP contribution in [0.3, 0.4) is 0 Å². The molecule has 2 aromatic carbocycles. The van der Waals surface area contributed by atoms with Crippen molar-refractivity contribution in [3.63, 3.8) is 0 Å². The van der Waals surface area contributed by atoms with Crippen molar-refractivity contribution < 1.29 is 14.4 Å². The Balaban J connectivity index is 1.72. The molecule has 2 aromatic rings. The number of benzene rings is 2. The molecule has 0 bridgehead atoms. The molecule has 1 fully saturated rings. The lowest BCUT2D eigenvalue weighted by molar-refractivity contribution is -0.126. The van der Waals surface area contributed by atoms with Crippen molar-refractivity contribution in [1.29, 1.82) is 0 Å². The van der Waals surface area contributed by atoms with E-state index in [0.29, 0.717) is 32.0 Å². The molecule has 0 saturated carbocycles. The Kier molecular flexibility index (Phi) is 3.95. The molecule has 2 heterocycles. The zero-order valence-electron chi connectivity index (χ0n) is 12.4. The molecule has 0 aliphatic carbocycles. The van der Waals surface area contributed by atoms with Gasteiger partial charge in [-0.1, -0.05) is 46.0 Å². The van der Waals surface area contributed by atoms with Crippen LogP contribution in [0.4, 0.5) is 5.69 Å². The highest BCUT2D eigenvalue weighted by atomic mass is 35.5. The molecule has 0 radical (unpaired) electrons. The van der Waals surface area contributed by atoms with Crippen molar-refractivity contribution >= 4 is 58.0 Å². The maximum absolute atomic E-state index is 12.9. The highest BCUT2D eigenvalue weighted by Gasteiger charge is 2.56. The summed E-state index contributed by atoms with van der Waals surface area (Å²) in [5.41, 5.74) is 1.26. The summed E-state index contributed by atoms with van der Waals surface area (Å²) in [7, 11) is 0. The van der Waals surface area contributed by atoms with E-state index in [9.17, 15) is 9.59 Å². The minimum atomic E-state index is -0.995. The van der Waals surface area contributed by atoms with Gasteiger partial charge in [-0.2, -0.15) is 0 Å². The number of fused-ring (bicyclic) bond motifs is 1. The zero-order valence-corrected chi connectivity index (χ0v) is 14.7. The first-order chi connectivity index (χ1) is 12.0. The first-order valence-corrected chi connectivity index (χ1v) is 8.43. The van der Waals surface area contributed by atoms with E-state index in [0.717, 1.165) is 4.90 Å². The van der Waals surface area contributed by atoms with Crippen LogP contribution in [0.25, 0.3) is 0 Å². The van der Waals surface area contributed by atoms with Crippen LogP contribution in [0, 0.1) is 5.92 Å². The summed E-state index contributed by atoms with van der Waals surface area (Å²) < 4.78 is 0. The normalized spacial score (nSPS) is 22.0. The Hall–Kier alpha value is -2.08. The number of rotatable bonds is 2. The lowest BCUT2D eigenvalue weighted by Gasteiger charge is -2.15. The third kappa shape index (κ3) is 2.59. The second-order valence-corrected chi connectivity index (χ2v) is 6.87. The van der Waals surface area contributed by atoms with Crippen molar-refractivity contribution in [3.05, 3.63) is 63.1 Å². The Morgan fingerprint density at radius 2 is 1.60 bits per heavy atom. The van der Waals surface area contributed by atoms with E-state index in [1.54, 1.807) is 42.5 Å². The molecule has 0 N–H and O–H groups in total. The monoisotopic (exact) mass is 394 g/mol. The number of nitrogens with zero attached hydrogens (tertiary/aromatic N) is 2. The van der Waals surface area contributed by atoms with Crippen LogP contribution in [0.15, 0.2) is 47.6 Å². The van der Waals surface area contributed by atoms with Gasteiger partial charge >= 0.3 is 0 Å². The molecule has 2 amide bonds. The molecular formula is C17H9Cl3N2O3. The first kappa shape index (κ1) is 16.4. The SMILES string of the molecule is O=C1[C@@H]2C(c3ccc(Cl)cc3Cl)=NO[C@@H]2C(=O)N1c1ccc(Cl)cc1. The second kappa shape index (κ2) is 6.02. The maximum Gasteiger partial charge on any atom is 0.278 e. The highest BCUT2D eigenvalue weighted by Crippen LogP contribution is 2.37. The molecule has 0 aromatic heterocycles. The van der Waals surface area contributed by atoms with Crippen LogP contribution in [0.1, 0.15) is 5.56 Å². The summed E-state index contributed by atoms with van der Waals surface area (Å²) in [5, 5.41) is 5.23. The minimum absolute atomic E-state index is 0.321. The van der Waals surface area contributed by atoms with Gasteiger partial charge < -0.3 is 4.84 Å². The number of carbonyl (C=O) groups is 2. The number of amides is 2. The van der Waals surface area contributed by atoms with Gasteiger partial charge in [-0.3, -0.25) is 9.59 Å². The van der Waals surface area contributed by atoms with Crippen molar-refractivity contribution in [2.45, 2.75) is 6.10 Å². The van der Waals surface area contributed by atoms with E-state index >= 15 is 0 Å². The molecule has 1 saturated heterocycles. The van der Waals surface area contributed by atoms with Gasteiger partial charge in [0.05, 0.1) is 10.7 Å². The van der Waals surface area contributed by atoms with Crippen LogP contribution in [-0.4, -0.2) is 23.6 Å². The van der Waals surface area contributed by atoms with Crippen LogP contribution in [0.2, 0.25) is 15.1 Å². The summed E-state index contributed by atoms with van der Waals surface area (Å²) in [4.78, 5) is 31.8. The van der Waals surface area contributed by atoms with Crippen LogP contribution >= 0.6 is 34.8 Å². The van der Waals surface area contributed by atoms with E-state index in [4.69, 9.17) is 39.6 Å². The number of halogens is 3. The quantitative estimate of drug-likeness (QED) is 0.724. The number of hydrogen-bond acceptors (Lipinski definition) is 4. The molecule has 0 unspecified atom stereocenters. The van der Waals surface area contributed by atoms with Crippen LogP contribution in [0.5, 0.6) is 0 Å². The maximum atomic E-state index is 12.9. The predicted octanol–water partition coefficient (Wildman–Crippen LogP) is 3.94. The zero-order chi connectivity index (χ0) is 17.7. The van der Waals surface area contributed by atoms with E-state index in [2.05, 4.69) is 5.16 Å². The lowest BCUT2D eigenvalue weighted by Crippen LogP contribution is -2.33. The molecule has 2 atom stereocenters. The van der Waals surface area contributed by atoms with Gasteiger partial charge in [0.2, 0.25) is 12.0 Å². The molecule has 126 valence electrons. The lowest BCUT2D eigenvalue weighted by atomic mass is 9.94. The third-order valence-electron chi connectivity index (χ3n) is 4.10. The number of imide groups is 1. The summed E-state index contributed by atoms with van der Waals surface area (Å²) in [5.74, 6) is -1.73. The van der Waals surface area contributed by atoms with Gasteiger partial charge in [0, 0.05) is 15.6 Å². The fourth-order valence-electron chi connectivity index (χ4n) is 2.94. The molecule has 2 aliphatic rings. The van der Waals surface area contributed by atoms with Crippen molar-refractivity contribution in [2.75, 3.05) is 4.90 Å². The standard InChI is InChI=1S/C17H9Cl3N2O3/c18-8-1-4-10(5-2-8)22-16(23)13-14(21-25-15(13)17(22)24)11-6-3-9(19)7-12(11)20/h1-7,13,15H/t13-,15+/m1/s1. The fourth-order valence-corrected chi connectivity index (χ4v) is 3.57. The summed E-state index contributed by atoms with van der Waals surface area (Å²) >= 11 is 18.0. The second-order valence-electron chi connectivity index (χ2n) is 5.59. The van der Waals surface area contributed by atoms with Gasteiger partial charge in [0.15, 0.2) is 0 Å². The average molecular weight is 396 g/mol. The van der Waals surface area contributed by atoms with Gasteiger partial charge in [-0.25, -0.2) is 4.90 Å². The van der Waals surface area contributed by atoms with Gasteiger partial charge in [0.1, 0.15) is 11.6 Å². The van der Waals surface area contributed by atoms with Gasteiger partial charge in [-0.05, 0) is 36.4 Å². The average Bonchev–Trinajstić information content (AvgIpc) is 3.10. The molecule has 8 heteroatoms. The van der Waals surface area contributed by atoms with E-state index in [1.807, 2.05) is 0 Å². The molecular weight excluding hydrogens is 387 g/mol. The molecule has 4 rings (SSSR count). The van der Waals surface area contributed by atoms with Crippen LogP contribution in [-0.2, 0) is 14.4 Å².